The Morgan fingerprint density at radius 2 is 1.77 bits per heavy atom. The van der Waals surface area contributed by atoms with Crippen molar-refractivity contribution in [2.45, 2.75) is 50.2 Å². The molecule has 1 saturated carbocycles. The number of hydroxylamine groups is 1. The van der Waals surface area contributed by atoms with Crippen LogP contribution >= 0.6 is 0 Å². The highest BCUT2D eigenvalue weighted by Gasteiger charge is 2.56. The molecule has 5 rings (SSSR count). The predicted molar refractivity (Wildman–Crippen MR) is 153 cm³/mol. The molecule has 1 heterocycles. The molecule has 3 aromatic rings. The molecular formula is C34H36FNO4. The van der Waals surface area contributed by atoms with Gasteiger partial charge in [-0.1, -0.05) is 78.9 Å². The minimum Gasteiger partial charge on any atom is -0.469 e. The van der Waals surface area contributed by atoms with E-state index in [9.17, 15) is 9.18 Å². The lowest BCUT2D eigenvalue weighted by atomic mass is 9.70. The molecular weight excluding hydrogens is 505 g/mol. The molecule has 2 fully saturated rings. The second-order valence-corrected chi connectivity index (χ2v) is 10.5. The molecule has 1 N–H and O–H groups in total. The number of fused-ring (bicyclic) bond motifs is 2. The number of carbonyl (C=O) groups is 1. The second-order valence-electron chi connectivity index (χ2n) is 10.5. The molecule has 208 valence electrons. The van der Waals surface area contributed by atoms with Gasteiger partial charge in [-0.05, 0) is 71.6 Å². The monoisotopic (exact) mass is 541 g/mol. The zero-order chi connectivity index (χ0) is 27.8. The van der Waals surface area contributed by atoms with Gasteiger partial charge in [0.25, 0.3) is 0 Å². The van der Waals surface area contributed by atoms with E-state index in [2.05, 4.69) is 66.2 Å². The largest absolute Gasteiger partial charge is 0.469 e. The van der Waals surface area contributed by atoms with Crippen molar-refractivity contribution in [3.05, 3.63) is 120 Å². The van der Waals surface area contributed by atoms with Gasteiger partial charge in [0.05, 0.1) is 26.4 Å². The van der Waals surface area contributed by atoms with Crippen LogP contribution in [0.2, 0.25) is 0 Å². The number of allylic oxidation sites excluding steroid dienone is 2. The summed E-state index contributed by atoms with van der Waals surface area (Å²) in [5, 5.41) is 0. The van der Waals surface area contributed by atoms with Gasteiger partial charge in [-0.15, -0.1) is 0 Å². The van der Waals surface area contributed by atoms with E-state index in [0.29, 0.717) is 19.6 Å². The first kappa shape index (κ1) is 27.8. The number of methoxy groups -OCH3 is 1. The number of hydrogen-bond acceptors (Lipinski definition) is 5. The van der Waals surface area contributed by atoms with Crippen molar-refractivity contribution in [2.24, 2.45) is 5.92 Å². The number of unbranched alkanes of at least 4 members (excludes halogenated alkanes) is 1. The summed E-state index contributed by atoms with van der Waals surface area (Å²) in [6.45, 7) is 1.00. The molecule has 5 nitrogen and oxygen atoms in total. The van der Waals surface area contributed by atoms with Crippen LogP contribution in [0, 0.1) is 11.7 Å². The molecule has 1 aliphatic heterocycles. The summed E-state index contributed by atoms with van der Waals surface area (Å²) in [5.41, 5.74) is 8.66. The Morgan fingerprint density at radius 3 is 2.52 bits per heavy atom. The third kappa shape index (κ3) is 6.35. The molecule has 0 amide bonds. The number of halogens is 1. The van der Waals surface area contributed by atoms with E-state index in [1.807, 2.05) is 12.3 Å². The molecule has 40 heavy (non-hydrogen) atoms. The molecule has 3 aromatic carbocycles. The van der Waals surface area contributed by atoms with Gasteiger partial charge in [0, 0.05) is 18.0 Å². The highest BCUT2D eigenvalue weighted by Crippen LogP contribution is 2.56. The molecule has 0 radical (unpaired) electrons. The van der Waals surface area contributed by atoms with Crippen LogP contribution in [0.15, 0.2) is 103 Å². The quantitative estimate of drug-likeness (QED) is 0.115. The standard InChI is InChI=1S/C34H36FNO4/c1-38-33(37)12-8-3-2-7-11-31-30(22-36-40-23-25-13-19-29(35)20-14-25)32-21-34(31,24-39-32)28-17-15-27(16-18-28)26-9-5-4-6-10-26/h2,4-7,9-10,13-20,22,31-32,36H,3,8,11-12,21,23-24H2,1H3/t31-,32-,34-/m0/s1. The van der Waals surface area contributed by atoms with Gasteiger partial charge in [-0.3, -0.25) is 15.1 Å². The maximum absolute atomic E-state index is 13.2. The first-order valence-electron chi connectivity index (χ1n) is 13.9. The van der Waals surface area contributed by atoms with E-state index in [1.54, 1.807) is 12.1 Å². The SMILES string of the molecule is COC(=O)CCCC=CC[C@H]1C(=CNOCc2ccc(F)cc2)[C@@H]2C[C@@]1(c1ccc(-c3ccccc3)cc1)CO2. The maximum Gasteiger partial charge on any atom is 0.305 e. The lowest BCUT2D eigenvalue weighted by Crippen LogP contribution is -2.36. The number of rotatable bonds is 12. The number of esters is 1. The Balaban J connectivity index is 1.31. The summed E-state index contributed by atoms with van der Waals surface area (Å²) in [6.07, 6.45) is 10.2. The maximum atomic E-state index is 13.2. The summed E-state index contributed by atoms with van der Waals surface area (Å²) in [6, 6.07) is 25.6. The van der Waals surface area contributed by atoms with E-state index >= 15 is 0 Å². The van der Waals surface area contributed by atoms with Crippen molar-refractivity contribution in [2.75, 3.05) is 13.7 Å². The minimum absolute atomic E-state index is 0.0217. The number of benzene rings is 3. The fraction of sp³-hybridized carbons (Fsp3) is 0.324. The van der Waals surface area contributed by atoms with Crippen LogP contribution in [0.25, 0.3) is 11.1 Å². The van der Waals surface area contributed by atoms with Crippen LogP contribution in [0.4, 0.5) is 4.39 Å². The van der Waals surface area contributed by atoms with Crippen LogP contribution in [0.1, 0.15) is 43.2 Å². The zero-order valence-electron chi connectivity index (χ0n) is 22.9. The van der Waals surface area contributed by atoms with Gasteiger partial charge in [0.1, 0.15) is 5.82 Å². The van der Waals surface area contributed by atoms with Crippen molar-refractivity contribution in [3.8, 4) is 11.1 Å². The molecule has 0 aromatic heterocycles. The summed E-state index contributed by atoms with van der Waals surface area (Å²) in [5.74, 6) is -0.192. The van der Waals surface area contributed by atoms with Crippen LogP contribution in [0.5, 0.6) is 0 Å². The zero-order valence-corrected chi connectivity index (χ0v) is 22.9. The van der Waals surface area contributed by atoms with E-state index < -0.39 is 0 Å². The van der Waals surface area contributed by atoms with Crippen LogP contribution < -0.4 is 5.48 Å². The van der Waals surface area contributed by atoms with E-state index in [-0.39, 0.29) is 29.2 Å². The molecule has 2 aliphatic rings. The molecule has 3 atom stereocenters. The highest BCUT2D eigenvalue weighted by molar-refractivity contribution is 5.69. The first-order chi connectivity index (χ1) is 19.6. The van der Waals surface area contributed by atoms with E-state index in [4.69, 9.17) is 14.3 Å². The van der Waals surface area contributed by atoms with Crippen LogP contribution in [0.3, 0.4) is 0 Å². The number of nitrogens with one attached hydrogen (secondary N) is 1. The van der Waals surface area contributed by atoms with Gasteiger partial charge in [0.2, 0.25) is 0 Å². The average Bonchev–Trinajstić information content (AvgIpc) is 3.57. The molecule has 0 unspecified atom stereocenters. The van der Waals surface area contributed by atoms with Crippen molar-refractivity contribution < 1.29 is 23.5 Å². The van der Waals surface area contributed by atoms with Crippen LogP contribution in [-0.2, 0) is 31.1 Å². The van der Waals surface area contributed by atoms with E-state index in [1.165, 1.54) is 41.5 Å². The van der Waals surface area contributed by atoms with Gasteiger partial charge in [-0.25, -0.2) is 4.39 Å². The third-order valence-corrected chi connectivity index (χ3v) is 8.08. The average molecular weight is 542 g/mol. The Bertz CT molecular complexity index is 1320. The third-order valence-electron chi connectivity index (χ3n) is 8.08. The van der Waals surface area contributed by atoms with Gasteiger partial charge < -0.3 is 9.47 Å². The van der Waals surface area contributed by atoms with Crippen molar-refractivity contribution in [3.63, 3.8) is 0 Å². The first-order valence-corrected chi connectivity index (χ1v) is 13.9. The number of hydrogen-bond donors (Lipinski definition) is 1. The Hall–Kier alpha value is -3.74. The Morgan fingerprint density at radius 1 is 1.02 bits per heavy atom. The topological polar surface area (TPSA) is 56.8 Å². The predicted octanol–water partition coefficient (Wildman–Crippen LogP) is 7.04. The fourth-order valence-corrected chi connectivity index (χ4v) is 5.91. The van der Waals surface area contributed by atoms with Gasteiger partial charge in [-0.2, -0.15) is 0 Å². The van der Waals surface area contributed by atoms with Crippen molar-refractivity contribution in [1.29, 1.82) is 0 Å². The van der Waals surface area contributed by atoms with Gasteiger partial charge in [0.15, 0.2) is 0 Å². The van der Waals surface area contributed by atoms with Crippen molar-refractivity contribution in [1.82, 2.24) is 5.48 Å². The van der Waals surface area contributed by atoms with Crippen molar-refractivity contribution >= 4 is 5.97 Å². The molecule has 2 bridgehead atoms. The highest BCUT2D eigenvalue weighted by atomic mass is 19.1. The second kappa shape index (κ2) is 13.1. The van der Waals surface area contributed by atoms with Gasteiger partial charge >= 0.3 is 5.97 Å². The molecule has 6 heteroatoms. The van der Waals surface area contributed by atoms with Crippen LogP contribution in [-0.4, -0.2) is 25.8 Å². The Labute approximate surface area is 235 Å². The summed E-state index contributed by atoms with van der Waals surface area (Å²) in [7, 11) is 1.42. The molecule has 1 aliphatic carbocycles. The summed E-state index contributed by atoms with van der Waals surface area (Å²) >= 11 is 0. The summed E-state index contributed by atoms with van der Waals surface area (Å²) in [4.78, 5) is 17.1. The lowest BCUT2D eigenvalue weighted by molar-refractivity contribution is -0.140. The normalized spacial score (nSPS) is 22.7. The molecule has 1 saturated heterocycles. The number of ether oxygens (including phenoxy) is 2. The minimum atomic E-state index is -0.263. The Kier molecular flexibility index (Phi) is 9.09. The van der Waals surface area contributed by atoms with E-state index in [0.717, 1.165) is 31.2 Å². The lowest BCUT2D eigenvalue weighted by Gasteiger charge is -2.36. The number of carbonyl (C=O) groups excluding carboxylic acids is 1. The fourth-order valence-electron chi connectivity index (χ4n) is 5.91. The molecule has 0 spiro atoms. The smallest absolute Gasteiger partial charge is 0.305 e. The summed E-state index contributed by atoms with van der Waals surface area (Å²) < 4.78 is 24.3.